The number of nitrogens with one attached hydrogen (secondary N) is 2. The van der Waals surface area contributed by atoms with E-state index in [2.05, 4.69) is 30.1 Å². The van der Waals surface area contributed by atoms with E-state index in [4.69, 9.17) is 0 Å². The van der Waals surface area contributed by atoms with Crippen molar-refractivity contribution in [2.75, 3.05) is 37.6 Å². The lowest BCUT2D eigenvalue weighted by molar-refractivity contribution is 0.0949. The smallest absolute Gasteiger partial charge is 0.269 e. The predicted molar refractivity (Wildman–Crippen MR) is 100 cm³/mol. The van der Waals surface area contributed by atoms with E-state index in [-0.39, 0.29) is 5.91 Å². The number of hydrogen-bond acceptors (Lipinski definition) is 5. The maximum Gasteiger partial charge on any atom is 0.269 e. The Hall–Kier alpha value is -2.41. The van der Waals surface area contributed by atoms with Crippen molar-refractivity contribution in [2.24, 2.45) is 0 Å². The van der Waals surface area contributed by atoms with Crippen molar-refractivity contribution in [2.45, 2.75) is 31.7 Å². The summed E-state index contributed by atoms with van der Waals surface area (Å²) in [7, 11) is 0. The molecule has 4 rings (SSSR count). The van der Waals surface area contributed by atoms with E-state index < -0.39 is 0 Å². The summed E-state index contributed by atoms with van der Waals surface area (Å²) in [4.78, 5) is 28.8. The molecule has 0 unspecified atom stereocenters. The minimum Gasteiger partial charge on any atom is -0.370 e. The molecular formula is C19H26N6O. The highest BCUT2D eigenvalue weighted by atomic mass is 16.1. The number of aromatic amines is 1. The molecule has 1 atom stereocenters. The number of carbonyl (C=O) groups is 1. The van der Waals surface area contributed by atoms with E-state index >= 15 is 0 Å². The molecule has 2 saturated heterocycles. The van der Waals surface area contributed by atoms with Crippen LogP contribution in [0, 0.1) is 0 Å². The van der Waals surface area contributed by atoms with Gasteiger partial charge >= 0.3 is 0 Å². The summed E-state index contributed by atoms with van der Waals surface area (Å²) in [5.74, 6) is -0.122. The summed E-state index contributed by atoms with van der Waals surface area (Å²) >= 11 is 0. The van der Waals surface area contributed by atoms with Gasteiger partial charge in [0.05, 0.1) is 6.33 Å². The van der Waals surface area contributed by atoms with Gasteiger partial charge < -0.3 is 15.2 Å². The van der Waals surface area contributed by atoms with Gasteiger partial charge in [0.25, 0.3) is 5.91 Å². The first kappa shape index (κ1) is 17.0. The number of amides is 1. The fourth-order valence-electron chi connectivity index (χ4n) is 4.00. The molecule has 0 saturated carbocycles. The van der Waals surface area contributed by atoms with Gasteiger partial charge in [0.1, 0.15) is 5.69 Å². The number of hydrogen-bond donors (Lipinski definition) is 2. The molecule has 0 spiro atoms. The van der Waals surface area contributed by atoms with Crippen molar-refractivity contribution >= 4 is 11.6 Å². The monoisotopic (exact) mass is 354 g/mol. The molecule has 26 heavy (non-hydrogen) atoms. The molecule has 0 aliphatic carbocycles. The number of imidazole rings is 1. The van der Waals surface area contributed by atoms with Crippen molar-refractivity contribution in [3.05, 3.63) is 42.2 Å². The van der Waals surface area contributed by atoms with E-state index in [1.807, 2.05) is 12.1 Å². The van der Waals surface area contributed by atoms with Crippen LogP contribution < -0.4 is 10.2 Å². The molecule has 0 aromatic carbocycles. The predicted octanol–water partition coefficient (Wildman–Crippen LogP) is 1.45. The number of rotatable bonds is 5. The Morgan fingerprint density at radius 3 is 3.12 bits per heavy atom. The molecule has 2 aromatic heterocycles. The zero-order valence-electron chi connectivity index (χ0n) is 15.0. The maximum absolute atomic E-state index is 12.4. The highest BCUT2D eigenvalue weighted by Crippen LogP contribution is 2.25. The average Bonchev–Trinajstić information content (AvgIpc) is 3.30. The summed E-state index contributed by atoms with van der Waals surface area (Å²) in [6, 6.07) is 4.60. The van der Waals surface area contributed by atoms with Gasteiger partial charge in [-0.15, -0.1) is 0 Å². The standard InChI is InChI=1S/C19H26N6O/c26-19(22-6-4-15-12-20-14-23-15)18-11-16(5-7-21-18)25-10-2-9-24-8-1-3-17(24)13-25/h5,7,11-12,14,17H,1-4,6,8-10,13H2,(H,20,23)(H,22,26)/t17-/m0/s1. The first-order valence-corrected chi connectivity index (χ1v) is 9.50. The summed E-state index contributed by atoms with van der Waals surface area (Å²) in [5.41, 5.74) is 2.60. The Morgan fingerprint density at radius 2 is 2.23 bits per heavy atom. The van der Waals surface area contributed by atoms with Crippen molar-refractivity contribution in [1.82, 2.24) is 25.2 Å². The highest BCUT2D eigenvalue weighted by molar-refractivity contribution is 5.93. The molecule has 2 fully saturated rings. The zero-order chi connectivity index (χ0) is 17.8. The second kappa shape index (κ2) is 7.86. The van der Waals surface area contributed by atoms with Gasteiger partial charge in [0, 0.05) is 62.4 Å². The fourth-order valence-corrected chi connectivity index (χ4v) is 4.00. The molecule has 7 heteroatoms. The van der Waals surface area contributed by atoms with Gasteiger partial charge in [-0.1, -0.05) is 0 Å². The molecule has 2 aromatic rings. The number of pyridine rings is 1. The summed E-state index contributed by atoms with van der Waals surface area (Å²) in [6.07, 6.45) is 9.66. The second-order valence-electron chi connectivity index (χ2n) is 7.11. The van der Waals surface area contributed by atoms with Crippen LogP contribution in [-0.4, -0.2) is 64.5 Å². The minimum atomic E-state index is -0.122. The van der Waals surface area contributed by atoms with Crippen LogP contribution in [0.1, 0.15) is 35.4 Å². The SMILES string of the molecule is O=C(NCCc1cnc[nH]1)c1cc(N2CCCN3CCC[C@H]3C2)ccn1. The fraction of sp³-hybridized carbons (Fsp3) is 0.526. The molecule has 1 amide bonds. The molecule has 138 valence electrons. The zero-order valence-corrected chi connectivity index (χ0v) is 15.0. The summed E-state index contributed by atoms with van der Waals surface area (Å²) in [6.45, 7) is 5.07. The van der Waals surface area contributed by atoms with E-state index in [1.165, 1.54) is 32.4 Å². The Labute approximate surface area is 153 Å². The van der Waals surface area contributed by atoms with Gasteiger partial charge in [0.15, 0.2) is 0 Å². The lowest BCUT2D eigenvalue weighted by Gasteiger charge is -2.27. The Kier molecular flexibility index (Phi) is 5.15. The number of fused-ring (bicyclic) bond motifs is 1. The third-order valence-corrected chi connectivity index (χ3v) is 5.38. The van der Waals surface area contributed by atoms with Crippen LogP contribution in [0.2, 0.25) is 0 Å². The number of H-pyrrole nitrogens is 1. The minimum absolute atomic E-state index is 0.122. The topological polar surface area (TPSA) is 77.2 Å². The first-order valence-electron chi connectivity index (χ1n) is 9.50. The third-order valence-electron chi connectivity index (χ3n) is 5.38. The Bertz CT molecular complexity index is 731. The quantitative estimate of drug-likeness (QED) is 0.850. The van der Waals surface area contributed by atoms with E-state index in [1.54, 1.807) is 18.7 Å². The van der Waals surface area contributed by atoms with Crippen molar-refractivity contribution in [3.8, 4) is 0 Å². The largest absolute Gasteiger partial charge is 0.370 e. The van der Waals surface area contributed by atoms with Crippen LogP contribution in [0.4, 0.5) is 5.69 Å². The van der Waals surface area contributed by atoms with Crippen LogP contribution in [0.5, 0.6) is 0 Å². The van der Waals surface area contributed by atoms with Gasteiger partial charge in [-0.3, -0.25) is 14.7 Å². The molecule has 7 nitrogen and oxygen atoms in total. The lowest BCUT2D eigenvalue weighted by atomic mass is 10.2. The number of aromatic nitrogens is 3. The van der Waals surface area contributed by atoms with Gasteiger partial charge in [-0.05, 0) is 37.9 Å². The van der Waals surface area contributed by atoms with Crippen LogP contribution in [0.15, 0.2) is 30.9 Å². The molecule has 4 heterocycles. The second-order valence-corrected chi connectivity index (χ2v) is 7.11. The summed E-state index contributed by atoms with van der Waals surface area (Å²) in [5, 5.41) is 2.94. The van der Waals surface area contributed by atoms with Crippen molar-refractivity contribution in [1.29, 1.82) is 0 Å². The lowest BCUT2D eigenvalue weighted by Crippen LogP contribution is -2.36. The van der Waals surface area contributed by atoms with E-state index in [0.717, 1.165) is 30.9 Å². The number of carbonyl (C=O) groups excluding carboxylic acids is 1. The molecule has 0 radical (unpaired) electrons. The van der Waals surface area contributed by atoms with Crippen LogP contribution >= 0.6 is 0 Å². The van der Waals surface area contributed by atoms with Crippen LogP contribution in [-0.2, 0) is 6.42 Å². The summed E-state index contributed by atoms with van der Waals surface area (Å²) < 4.78 is 0. The van der Waals surface area contributed by atoms with E-state index in [0.29, 0.717) is 18.3 Å². The van der Waals surface area contributed by atoms with Crippen molar-refractivity contribution < 1.29 is 4.79 Å². The highest BCUT2D eigenvalue weighted by Gasteiger charge is 2.29. The average molecular weight is 354 g/mol. The number of nitrogens with zero attached hydrogens (tertiary/aromatic N) is 4. The molecular weight excluding hydrogens is 328 g/mol. The first-order chi connectivity index (χ1) is 12.8. The third kappa shape index (κ3) is 3.88. The molecule has 0 bridgehead atoms. The molecule has 2 aliphatic heterocycles. The van der Waals surface area contributed by atoms with Crippen molar-refractivity contribution in [3.63, 3.8) is 0 Å². The number of anilines is 1. The Balaban J connectivity index is 1.38. The van der Waals surface area contributed by atoms with Gasteiger partial charge in [0.2, 0.25) is 0 Å². The van der Waals surface area contributed by atoms with Crippen LogP contribution in [0.3, 0.4) is 0 Å². The maximum atomic E-state index is 12.4. The van der Waals surface area contributed by atoms with Crippen LogP contribution in [0.25, 0.3) is 0 Å². The Morgan fingerprint density at radius 1 is 1.31 bits per heavy atom. The molecule has 2 aliphatic rings. The normalized spacial score (nSPS) is 20.6. The van der Waals surface area contributed by atoms with E-state index in [9.17, 15) is 4.79 Å². The molecule has 2 N–H and O–H groups in total. The van der Waals surface area contributed by atoms with Gasteiger partial charge in [-0.25, -0.2) is 4.98 Å². The van der Waals surface area contributed by atoms with Gasteiger partial charge in [-0.2, -0.15) is 0 Å².